The summed E-state index contributed by atoms with van der Waals surface area (Å²) in [5, 5.41) is 0. The minimum Gasteiger partial charge on any atom is -0.464 e. The number of ether oxygens (including phenoxy) is 2. The average Bonchev–Trinajstić information content (AvgIpc) is 2.57. The molecule has 1 aliphatic rings. The standard InChI is InChI=1S/C18H17F3O2S/c19-18(20,21)13-9-10-15(23-17-8-4-5-11-22-17)16(12-13)24-14-6-2-1-3-7-14/h1-3,6-7,9-10,12,17H,4-5,8,11H2. The van der Waals surface area contributed by atoms with Gasteiger partial charge in [-0.2, -0.15) is 13.2 Å². The van der Waals surface area contributed by atoms with Crippen LogP contribution in [0.3, 0.4) is 0 Å². The van der Waals surface area contributed by atoms with Gasteiger partial charge in [-0.3, -0.25) is 0 Å². The Labute approximate surface area is 143 Å². The zero-order valence-electron chi connectivity index (χ0n) is 12.9. The lowest BCUT2D eigenvalue weighted by Gasteiger charge is -2.25. The first kappa shape index (κ1) is 17.2. The third-order valence-electron chi connectivity index (χ3n) is 3.64. The first-order chi connectivity index (χ1) is 11.5. The van der Waals surface area contributed by atoms with Crippen molar-refractivity contribution in [1.82, 2.24) is 0 Å². The summed E-state index contributed by atoms with van der Waals surface area (Å²) in [6.45, 7) is 0.618. The predicted octanol–water partition coefficient (Wildman–Crippen LogP) is 5.76. The van der Waals surface area contributed by atoms with E-state index in [4.69, 9.17) is 9.47 Å². The molecule has 1 saturated heterocycles. The molecule has 0 saturated carbocycles. The lowest BCUT2D eigenvalue weighted by atomic mass is 10.2. The summed E-state index contributed by atoms with van der Waals surface area (Å²) >= 11 is 1.25. The van der Waals surface area contributed by atoms with Crippen LogP contribution in [-0.2, 0) is 10.9 Å². The molecule has 1 aliphatic heterocycles. The van der Waals surface area contributed by atoms with Crippen LogP contribution in [0, 0.1) is 0 Å². The molecule has 0 aliphatic carbocycles. The van der Waals surface area contributed by atoms with Crippen LogP contribution in [0.1, 0.15) is 24.8 Å². The largest absolute Gasteiger partial charge is 0.464 e. The van der Waals surface area contributed by atoms with Gasteiger partial charge in [-0.25, -0.2) is 0 Å². The van der Waals surface area contributed by atoms with Gasteiger partial charge in [0.15, 0.2) is 6.29 Å². The van der Waals surface area contributed by atoms with Crippen molar-refractivity contribution in [3.8, 4) is 5.75 Å². The Kier molecular flexibility index (Phi) is 5.36. The van der Waals surface area contributed by atoms with Crippen LogP contribution in [0.2, 0.25) is 0 Å². The Hall–Kier alpha value is -1.66. The van der Waals surface area contributed by atoms with Crippen LogP contribution < -0.4 is 4.74 Å². The molecule has 0 radical (unpaired) electrons. The van der Waals surface area contributed by atoms with Crippen LogP contribution in [-0.4, -0.2) is 12.9 Å². The highest BCUT2D eigenvalue weighted by Gasteiger charge is 2.31. The molecule has 6 heteroatoms. The molecule has 1 fully saturated rings. The van der Waals surface area contributed by atoms with Crippen molar-refractivity contribution in [3.05, 3.63) is 54.1 Å². The molecule has 2 aromatic carbocycles. The number of hydrogen-bond donors (Lipinski definition) is 0. The van der Waals surface area contributed by atoms with Gasteiger partial charge in [0, 0.05) is 11.3 Å². The van der Waals surface area contributed by atoms with Gasteiger partial charge in [0.2, 0.25) is 0 Å². The van der Waals surface area contributed by atoms with E-state index < -0.39 is 18.0 Å². The van der Waals surface area contributed by atoms with E-state index in [1.54, 1.807) is 0 Å². The Bertz CT molecular complexity index is 668. The number of benzene rings is 2. The van der Waals surface area contributed by atoms with E-state index in [1.165, 1.54) is 17.8 Å². The molecular formula is C18H17F3O2S. The second-order valence-electron chi connectivity index (χ2n) is 5.49. The molecule has 0 spiro atoms. The van der Waals surface area contributed by atoms with Crippen molar-refractivity contribution in [1.29, 1.82) is 0 Å². The molecule has 1 atom stereocenters. The van der Waals surface area contributed by atoms with Gasteiger partial charge in [0.25, 0.3) is 0 Å². The van der Waals surface area contributed by atoms with Gasteiger partial charge in [-0.1, -0.05) is 30.0 Å². The Morgan fingerprint density at radius 1 is 1.04 bits per heavy atom. The highest BCUT2D eigenvalue weighted by atomic mass is 32.2. The molecule has 0 bridgehead atoms. The Balaban J connectivity index is 1.88. The summed E-state index contributed by atoms with van der Waals surface area (Å²) in [5.41, 5.74) is -0.683. The smallest absolute Gasteiger partial charge is 0.416 e. The van der Waals surface area contributed by atoms with Crippen molar-refractivity contribution in [2.24, 2.45) is 0 Å². The quantitative estimate of drug-likeness (QED) is 0.695. The minimum atomic E-state index is -4.38. The van der Waals surface area contributed by atoms with E-state index in [0.29, 0.717) is 17.3 Å². The third kappa shape index (κ3) is 4.45. The van der Waals surface area contributed by atoms with Gasteiger partial charge < -0.3 is 9.47 Å². The SMILES string of the molecule is FC(F)(F)c1ccc(OC2CCCCO2)c(Sc2ccccc2)c1. The lowest BCUT2D eigenvalue weighted by molar-refractivity contribution is -0.137. The highest BCUT2D eigenvalue weighted by Crippen LogP contribution is 2.40. The molecule has 3 rings (SSSR count). The number of halogens is 3. The Morgan fingerprint density at radius 3 is 2.50 bits per heavy atom. The van der Waals surface area contributed by atoms with Crippen molar-refractivity contribution < 1.29 is 22.6 Å². The average molecular weight is 354 g/mol. The highest BCUT2D eigenvalue weighted by molar-refractivity contribution is 7.99. The summed E-state index contributed by atoms with van der Waals surface area (Å²) in [6, 6.07) is 12.8. The lowest BCUT2D eigenvalue weighted by Crippen LogP contribution is -2.25. The van der Waals surface area contributed by atoms with Gasteiger partial charge in [-0.05, 0) is 43.2 Å². The molecule has 2 aromatic rings. The van der Waals surface area contributed by atoms with Gasteiger partial charge >= 0.3 is 6.18 Å². The van der Waals surface area contributed by atoms with Crippen molar-refractivity contribution >= 4 is 11.8 Å². The third-order valence-corrected chi connectivity index (χ3v) is 4.69. The molecule has 1 unspecified atom stereocenters. The number of hydrogen-bond acceptors (Lipinski definition) is 3. The van der Waals surface area contributed by atoms with Crippen molar-refractivity contribution in [3.63, 3.8) is 0 Å². The van der Waals surface area contributed by atoms with Crippen LogP contribution in [0.15, 0.2) is 58.3 Å². The van der Waals surface area contributed by atoms with E-state index in [-0.39, 0.29) is 0 Å². The fourth-order valence-corrected chi connectivity index (χ4v) is 3.37. The monoisotopic (exact) mass is 354 g/mol. The summed E-state index contributed by atoms with van der Waals surface area (Å²) in [5.74, 6) is 0.420. The van der Waals surface area contributed by atoms with E-state index in [0.717, 1.165) is 36.3 Å². The second kappa shape index (κ2) is 7.49. The summed E-state index contributed by atoms with van der Waals surface area (Å²) in [7, 11) is 0. The molecule has 0 aromatic heterocycles. The molecule has 0 N–H and O–H groups in total. The van der Waals surface area contributed by atoms with Crippen molar-refractivity contribution in [2.75, 3.05) is 6.61 Å². The Morgan fingerprint density at radius 2 is 1.83 bits per heavy atom. The molecule has 128 valence electrons. The van der Waals surface area contributed by atoms with E-state index in [2.05, 4.69) is 0 Å². The van der Waals surface area contributed by atoms with Crippen LogP contribution in [0.5, 0.6) is 5.75 Å². The fraction of sp³-hybridized carbons (Fsp3) is 0.333. The predicted molar refractivity (Wildman–Crippen MR) is 86.2 cm³/mol. The first-order valence-corrected chi connectivity index (χ1v) is 8.56. The van der Waals surface area contributed by atoms with E-state index in [9.17, 15) is 13.2 Å². The topological polar surface area (TPSA) is 18.5 Å². The summed E-state index contributed by atoms with van der Waals surface area (Å²) in [4.78, 5) is 1.29. The first-order valence-electron chi connectivity index (χ1n) is 7.75. The van der Waals surface area contributed by atoms with Crippen LogP contribution >= 0.6 is 11.8 Å². The second-order valence-corrected chi connectivity index (χ2v) is 6.60. The van der Waals surface area contributed by atoms with Gasteiger partial charge in [0.05, 0.1) is 17.1 Å². The van der Waals surface area contributed by atoms with Gasteiger partial charge in [0.1, 0.15) is 5.75 Å². The number of rotatable bonds is 4. The normalized spacial score (nSPS) is 18.4. The maximum atomic E-state index is 13.0. The molecule has 1 heterocycles. The molecule has 0 amide bonds. The minimum absolute atomic E-state index is 0.398. The molecule has 2 nitrogen and oxygen atoms in total. The maximum Gasteiger partial charge on any atom is 0.416 e. The van der Waals surface area contributed by atoms with Crippen LogP contribution in [0.25, 0.3) is 0 Å². The molecule has 24 heavy (non-hydrogen) atoms. The summed E-state index contributed by atoms with van der Waals surface area (Å²) in [6.07, 6.45) is -2.06. The number of alkyl halides is 3. The zero-order valence-corrected chi connectivity index (χ0v) is 13.7. The van der Waals surface area contributed by atoms with E-state index >= 15 is 0 Å². The fourth-order valence-electron chi connectivity index (χ4n) is 2.42. The van der Waals surface area contributed by atoms with Crippen molar-refractivity contribution in [2.45, 2.75) is 41.5 Å². The maximum absolute atomic E-state index is 13.0. The zero-order chi connectivity index (χ0) is 17.0. The van der Waals surface area contributed by atoms with E-state index in [1.807, 2.05) is 30.3 Å². The summed E-state index contributed by atoms with van der Waals surface area (Å²) < 4.78 is 50.4. The molecular weight excluding hydrogens is 337 g/mol. The van der Waals surface area contributed by atoms with Gasteiger partial charge in [-0.15, -0.1) is 0 Å². The van der Waals surface area contributed by atoms with Crippen LogP contribution in [0.4, 0.5) is 13.2 Å².